The molecule has 23 heavy (non-hydrogen) atoms. The first-order chi connectivity index (χ1) is 10.9. The molecular formula is C19H23NO2S. The minimum absolute atomic E-state index is 0.0890. The highest BCUT2D eigenvalue weighted by molar-refractivity contribution is 7.13. The number of amides is 1. The van der Waals surface area contributed by atoms with Crippen molar-refractivity contribution in [2.24, 2.45) is 0 Å². The van der Waals surface area contributed by atoms with E-state index >= 15 is 0 Å². The third kappa shape index (κ3) is 3.06. The van der Waals surface area contributed by atoms with Gasteiger partial charge < -0.3 is 10.0 Å². The molecule has 0 saturated carbocycles. The fraction of sp³-hybridized carbons (Fsp3) is 0.421. The molecule has 0 radical (unpaired) electrons. The molecule has 3 nitrogen and oxygen atoms in total. The van der Waals surface area contributed by atoms with Gasteiger partial charge in [0.2, 0.25) is 0 Å². The van der Waals surface area contributed by atoms with Crippen LogP contribution < -0.4 is 0 Å². The Morgan fingerprint density at radius 1 is 1.13 bits per heavy atom. The quantitative estimate of drug-likeness (QED) is 0.910. The van der Waals surface area contributed by atoms with Gasteiger partial charge in [-0.1, -0.05) is 18.2 Å². The van der Waals surface area contributed by atoms with Gasteiger partial charge >= 0.3 is 0 Å². The van der Waals surface area contributed by atoms with Gasteiger partial charge in [0.25, 0.3) is 5.91 Å². The molecule has 1 N–H and O–H groups in total. The number of aryl methyl sites for hydroxylation is 2. The predicted octanol–water partition coefficient (Wildman–Crippen LogP) is 3.80. The van der Waals surface area contributed by atoms with Crippen molar-refractivity contribution in [3.05, 3.63) is 56.8 Å². The number of nitrogens with zero attached hydrogens (tertiary/aromatic N) is 1. The molecular weight excluding hydrogens is 306 g/mol. The van der Waals surface area contributed by atoms with Gasteiger partial charge in [0.1, 0.15) is 0 Å². The summed E-state index contributed by atoms with van der Waals surface area (Å²) < 4.78 is 0. The number of hydrogen-bond donors (Lipinski definition) is 1. The zero-order valence-electron chi connectivity index (χ0n) is 13.9. The first kappa shape index (κ1) is 16.2. The summed E-state index contributed by atoms with van der Waals surface area (Å²) in [4.78, 5) is 16.3. The first-order valence-electron chi connectivity index (χ1n) is 8.05. The van der Waals surface area contributed by atoms with Gasteiger partial charge in [0.15, 0.2) is 0 Å². The molecule has 0 spiro atoms. The van der Waals surface area contributed by atoms with E-state index in [1.54, 1.807) is 0 Å². The average Bonchev–Trinajstić information content (AvgIpc) is 2.96. The van der Waals surface area contributed by atoms with Crippen molar-refractivity contribution < 1.29 is 9.90 Å². The number of aliphatic hydroxyl groups is 1. The maximum Gasteiger partial charge on any atom is 0.263 e. The summed E-state index contributed by atoms with van der Waals surface area (Å²) in [6.45, 7) is 7.34. The molecule has 1 fully saturated rings. The highest BCUT2D eigenvalue weighted by atomic mass is 32.1. The van der Waals surface area contributed by atoms with Gasteiger partial charge in [-0.3, -0.25) is 4.79 Å². The molecule has 1 saturated heterocycles. The third-order valence-corrected chi connectivity index (χ3v) is 5.92. The van der Waals surface area contributed by atoms with Crippen LogP contribution in [0.15, 0.2) is 30.3 Å². The van der Waals surface area contributed by atoms with E-state index in [0.29, 0.717) is 25.9 Å². The molecule has 122 valence electrons. The highest BCUT2D eigenvalue weighted by Crippen LogP contribution is 2.36. The number of rotatable bonds is 2. The number of benzene rings is 1. The number of piperidine rings is 1. The Balaban J connectivity index is 1.75. The van der Waals surface area contributed by atoms with Crippen molar-refractivity contribution >= 4 is 17.2 Å². The Hall–Kier alpha value is -1.65. The Kier molecular flexibility index (Phi) is 4.30. The Labute approximate surface area is 141 Å². The van der Waals surface area contributed by atoms with Crippen molar-refractivity contribution in [3.63, 3.8) is 0 Å². The summed E-state index contributed by atoms with van der Waals surface area (Å²) >= 11 is 1.54. The van der Waals surface area contributed by atoms with Crippen LogP contribution in [0.2, 0.25) is 0 Å². The molecule has 2 heterocycles. The minimum Gasteiger partial charge on any atom is -0.385 e. The van der Waals surface area contributed by atoms with Gasteiger partial charge in [-0.15, -0.1) is 11.3 Å². The molecule has 0 bridgehead atoms. The van der Waals surface area contributed by atoms with Gasteiger partial charge in [-0.2, -0.15) is 0 Å². The van der Waals surface area contributed by atoms with Gasteiger partial charge in [-0.05, 0) is 62.4 Å². The van der Waals surface area contributed by atoms with E-state index in [4.69, 9.17) is 0 Å². The lowest BCUT2D eigenvalue weighted by atomic mass is 9.81. The van der Waals surface area contributed by atoms with Gasteiger partial charge in [0, 0.05) is 18.0 Å². The first-order valence-corrected chi connectivity index (χ1v) is 8.87. The molecule has 0 unspecified atom stereocenters. The molecule has 2 aromatic rings. The van der Waals surface area contributed by atoms with Crippen LogP contribution in [0.25, 0.3) is 0 Å². The fourth-order valence-electron chi connectivity index (χ4n) is 3.31. The van der Waals surface area contributed by atoms with E-state index in [0.717, 1.165) is 20.9 Å². The second kappa shape index (κ2) is 6.10. The highest BCUT2D eigenvalue weighted by Gasteiger charge is 2.36. The van der Waals surface area contributed by atoms with Crippen molar-refractivity contribution in [3.8, 4) is 0 Å². The van der Waals surface area contributed by atoms with Crippen LogP contribution in [0.5, 0.6) is 0 Å². The Morgan fingerprint density at radius 3 is 2.43 bits per heavy atom. The smallest absolute Gasteiger partial charge is 0.263 e. The van der Waals surface area contributed by atoms with Gasteiger partial charge in [-0.25, -0.2) is 0 Å². The number of likely N-dealkylation sites (tertiary alicyclic amines) is 1. The minimum atomic E-state index is -0.821. The van der Waals surface area contributed by atoms with Crippen molar-refractivity contribution in [2.75, 3.05) is 13.1 Å². The molecule has 0 atom stereocenters. The number of thiophene rings is 1. The molecule has 1 amide bonds. The Morgan fingerprint density at radius 2 is 1.83 bits per heavy atom. The summed E-state index contributed by atoms with van der Waals surface area (Å²) in [7, 11) is 0. The van der Waals surface area contributed by atoms with E-state index in [-0.39, 0.29) is 5.91 Å². The van der Waals surface area contributed by atoms with Crippen molar-refractivity contribution in [1.29, 1.82) is 0 Å². The van der Waals surface area contributed by atoms with Crippen LogP contribution in [-0.2, 0) is 5.60 Å². The van der Waals surface area contributed by atoms with Crippen LogP contribution in [0.4, 0.5) is 0 Å². The van der Waals surface area contributed by atoms with Crippen molar-refractivity contribution in [2.45, 2.75) is 39.2 Å². The SMILES string of the molecule is Cc1ccc(C(=O)N2CCC(O)(c3cccc(C)c3C)CC2)s1. The number of carbonyl (C=O) groups excluding carboxylic acids is 1. The summed E-state index contributed by atoms with van der Waals surface area (Å²) in [5.41, 5.74) is 2.54. The van der Waals surface area contributed by atoms with E-state index in [1.807, 2.05) is 36.1 Å². The second-order valence-electron chi connectivity index (χ2n) is 6.48. The lowest BCUT2D eigenvalue weighted by molar-refractivity contribution is -0.0215. The van der Waals surface area contributed by atoms with E-state index in [9.17, 15) is 9.90 Å². The summed E-state index contributed by atoms with van der Waals surface area (Å²) in [6, 6.07) is 9.96. The standard InChI is InChI=1S/C19H23NO2S/c1-13-5-4-6-16(15(13)3)19(22)9-11-20(12-10-19)18(21)17-8-7-14(2)23-17/h4-8,22H,9-12H2,1-3H3. The molecule has 1 aliphatic heterocycles. The van der Waals surface area contributed by atoms with Crippen LogP contribution >= 0.6 is 11.3 Å². The van der Waals surface area contributed by atoms with Crippen molar-refractivity contribution in [1.82, 2.24) is 4.90 Å². The van der Waals surface area contributed by atoms with Gasteiger partial charge in [0.05, 0.1) is 10.5 Å². The molecule has 3 rings (SSSR count). The molecule has 0 aliphatic carbocycles. The topological polar surface area (TPSA) is 40.5 Å². The molecule has 1 aromatic carbocycles. The van der Waals surface area contributed by atoms with E-state index < -0.39 is 5.60 Å². The largest absolute Gasteiger partial charge is 0.385 e. The third-order valence-electron chi connectivity index (χ3n) is 4.93. The molecule has 1 aliphatic rings. The summed E-state index contributed by atoms with van der Waals surface area (Å²) in [5.74, 6) is 0.0890. The predicted molar refractivity (Wildman–Crippen MR) is 94.0 cm³/mol. The number of hydrogen-bond acceptors (Lipinski definition) is 3. The van der Waals surface area contributed by atoms with Crippen LogP contribution in [0.3, 0.4) is 0 Å². The lowest BCUT2D eigenvalue weighted by Gasteiger charge is -2.39. The van der Waals surface area contributed by atoms with Crippen LogP contribution in [-0.4, -0.2) is 29.0 Å². The summed E-state index contributed by atoms with van der Waals surface area (Å²) in [5, 5.41) is 11.1. The van der Waals surface area contributed by atoms with E-state index in [1.165, 1.54) is 16.9 Å². The fourth-order valence-corrected chi connectivity index (χ4v) is 4.15. The monoisotopic (exact) mass is 329 g/mol. The zero-order valence-corrected chi connectivity index (χ0v) is 14.7. The maximum atomic E-state index is 12.5. The lowest BCUT2D eigenvalue weighted by Crippen LogP contribution is -2.45. The maximum absolute atomic E-state index is 12.5. The number of carbonyl (C=O) groups is 1. The van der Waals surface area contributed by atoms with E-state index in [2.05, 4.69) is 19.9 Å². The molecule has 4 heteroatoms. The molecule has 1 aromatic heterocycles. The zero-order chi connectivity index (χ0) is 16.6. The van der Waals surface area contributed by atoms with Crippen LogP contribution in [0.1, 0.15) is 44.1 Å². The van der Waals surface area contributed by atoms with Crippen LogP contribution in [0, 0.1) is 20.8 Å². The summed E-state index contributed by atoms with van der Waals surface area (Å²) in [6.07, 6.45) is 1.18. The second-order valence-corrected chi connectivity index (χ2v) is 7.77. The Bertz CT molecular complexity index is 727. The average molecular weight is 329 g/mol. The normalized spacial score (nSPS) is 17.3.